The Morgan fingerprint density at radius 1 is 0.302 bits per heavy atom. The summed E-state index contributed by atoms with van der Waals surface area (Å²) in [4.78, 5) is 2.36. The molecule has 63 heavy (non-hydrogen) atoms. The predicted octanol–water partition coefficient (Wildman–Crippen LogP) is 16.8. The molecule has 10 aromatic carbocycles. The summed E-state index contributed by atoms with van der Waals surface area (Å²) >= 11 is 0. The minimum absolute atomic E-state index is 0.889. The van der Waals surface area contributed by atoms with E-state index in [-0.39, 0.29) is 0 Å². The van der Waals surface area contributed by atoms with Gasteiger partial charge in [0.05, 0.1) is 11.0 Å². The molecule has 0 saturated carbocycles. The van der Waals surface area contributed by atoms with Crippen LogP contribution >= 0.6 is 0 Å². The third-order valence-corrected chi connectivity index (χ3v) is 12.4. The summed E-state index contributed by atoms with van der Waals surface area (Å²) in [6.45, 7) is 0. The smallest absolute Gasteiger partial charge is 0.136 e. The van der Waals surface area contributed by atoms with Crippen LogP contribution in [0, 0.1) is 0 Å². The van der Waals surface area contributed by atoms with Gasteiger partial charge in [-0.15, -0.1) is 0 Å². The average molecular weight is 805 g/mol. The summed E-state index contributed by atoms with van der Waals surface area (Å²) in [5.74, 6) is 0. The van der Waals surface area contributed by atoms with Gasteiger partial charge in [0.25, 0.3) is 0 Å². The molecule has 0 fully saturated rings. The van der Waals surface area contributed by atoms with Gasteiger partial charge in [-0.25, -0.2) is 0 Å². The van der Waals surface area contributed by atoms with E-state index >= 15 is 0 Å². The molecule has 0 atom stereocenters. The zero-order chi connectivity index (χ0) is 41.7. The molecule has 0 aliphatic carbocycles. The maximum atomic E-state index is 6.32. The highest BCUT2D eigenvalue weighted by Crippen LogP contribution is 2.42. The highest BCUT2D eigenvalue weighted by Gasteiger charge is 2.18. The van der Waals surface area contributed by atoms with Crippen LogP contribution in [-0.2, 0) is 0 Å². The minimum atomic E-state index is 0.889. The lowest BCUT2D eigenvalue weighted by Gasteiger charge is -2.26. The van der Waals surface area contributed by atoms with Crippen LogP contribution in [0.1, 0.15) is 0 Å². The van der Waals surface area contributed by atoms with Gasteiger partial charge in [-0.3, -0.25) is 0 Å². The molecule has 0 N–H and O–H groups in total. The Morgan fingerprint density at radius 2 is 0.810 bits per heavy atom. The molecular formula is C60H40N2O. The van der Waals surface area contributed by atoms with E-state index in [1.165, 1.54) is 44.1 Å². The fourth-order valence-electron chi connectivity index (χ4n) is 9.50. The molecule has 2 aromatic heterocycles. The van der Waals surface area contributed by atoms with Crippen LogP contribution in [0.3, 0.4) is 0 Å². The van der Waals surface area contributed by atoms with E-state index in [9.17, 15) is 0 Å². The van der Waals surface area contributed by atoms with Crippen LogP contribution in [0.2, 0.25) is 0 Å². The first-order chi connectivity index (χ1) is 31.2. The number of furan rings is 1. The number of para-hydroxylation sites is 3. The molecule has 0 radical (unpaired) electrons. The SMILES string of the molecule is c1ccc(-c2ccccc2-c2ccc(N(c3ccc(-c4cccc(-n5c6ccccc6c6ccccc65)c4)cc3)c3cccc(-c4cccc5oc6ccccc6c45)c3)cc2)cc1. The molecule has 0 amide bonds. The Bertz CT molecular complexity index is 3560. The van der Waals surface area contributed by atoms with Gasteiger partial charge in [0.1, 0.15) is 11.2 Å². The molecule has 0 unspecified atom stereocenters. The molecule has 0 saturated heterocycles. The van der Waals surface area contributed by atoms with E-state index in [1.54, 1.807) is 0 Å². The van der Waals surface area contributed by atoms with Crippen molar-refractivity contribution in [3.63, 3.8) is 0 Å². The van der Waals surface area contributed by atoms with Gasteiger partial charge in [0, 0.05) is 44.3 Å². The van der Waals surface area contributed by atoms with Crippen molar-refractivity contribution in [3.05, 3.63) is 243 Å². The van der Waals surface area contributed by atoms with E-state index in [0.717, 1.165) is 66.9 Å². The number of fused-ring (bicyclic) bond motifs is 6. The van der Waals surface area contributed by atoms with E-state index in [4.69, 9.17) is 4.42 Å². The second kappa shape index (κ2) is 15.3. The lowest BCUT2D eigenvalue weighted by Crippen LogP contribution is -2.10. The molecule has 0 aliphatic heterocycles. The van der Waals surface area contributed by atoms with Crippen molar-refractivity contribution in [2.45, 2.75) is 0 Å². The molecule has 0 spiro atoms. The Hall–Kier alpha value is -8.40. The van der Waals surface area contributed by atoms with Crippen molar-refractivity contribution >= 4 is 60.8 Å². The summed E-state index contributed by atoms with van der Waals surface area (Å²) in [5.41, 5.74) is 17.9. The van der Waals surface area contributed by atoms with Crippen LogP contribution < -0.4 is 4.90 Å². The third-order valence-electron chi connectivity index (χ3n) is 12.4. The number of aromatic nitrogens is 1. The van der Waals surface area contributed by atoms with Crippen LogP contribution in [0.5, 0.6) is 0 Å². The first-order valence-electron chi connectivity index (χ1n) is 21.5. The van der Waals surface area contributed by atoms with Crippen molar-refractivity contribution < 1.29 is 4.42 Å². The maximum Gasteiger partial charge on any atom is 0.136 e. The Kier molecular flexibility index (Phi) is 8.83. The summed E-state index contributed by atoms with van der Waals surface area (Å²) < 4.78 is 8.70. The fourth-order valence-corrected chi connectivity index (χ4v) is 9.50. The molecule has 3 heteroatoms. The normalized spacial score (nSPS) is 11.5. The van der Waals surface area contributed by atoms with Gasteiger partial charge < -0.3 is 13.9 Å². The highest BCUT2D eigenvalue weighted by atomic mass is 16.3. The molecule has 0 aliphatic rings. The average Bonchev–Trinajstić information content (AvgIpc) is 3.91. The third kappa shape index (κ3) is 6.38. The van der Waals surface area contributed by atoms with Gasteiger partial charge in [0.15, 0.2) is 0 Å². The lowest BCUT2D eigenvalue weighted by atomic mass is 9.94. The van der Waals surface area contributed by atoms with Crippen molar-refractivity contribution in [3.8, 4) is 50.2 Å². The molecule has 2 heterocycles. The fraction of sp³-hybridized carbons (Fsp3) is 0. The predicted molar refractivity (Wildman–Crippen MR) is 264 cm³/mol. The number of rotatable bonds is 8. The van der Waals surface area contributed by atoms with Gasteiger partial charge >= 0.3 is 0 Å². The van der Waals surface area contributed by atoms with Crippen LogP contribution in [0.4, 0.5) is 17.1 Å². The monoisotopic (exact) mass is 804 g/mol. The maximum absolute atomic E-state index is 6.32. The molecule has 3 nitrogen and oxygen atoms in total. The highest BCUT2D eigenvalue weighted by molar-refractivity contribution is 6.13. The zero-order valence-electron chi connectivity index (χ0n) is 34.4. The van der Waals surface area contributed by atoms with Crippen LogP contribution in [0.15, 0.2) is 247 Å². The topological polar surface area (TPSA) is 21.3 Å². The van der Waals surface area contributed by atoms with Gasteiger partial charge in [-0.05, 0) is 117 Å². The molecular weight excluding hydrogens is 765 g/mol. The molecule has 12 aromatic rings. The first kappa shape index (κ1) is 36.5. The van der Waals surface area contributed by atoms with Crippen molar-refractivity contribution in [1.29, 1.82) is 0 Å². The van der Waals surface area contributed by atoms with Crippen LogP contribution in [0.25, 0.3) is 93.9 Å². The van der Waals surface area contributed by atoms with Crippen molar-refractivity contribution in [2.24, 2.45) is 0 Å². The minimum Gasteiger partial charge on any atom is -0.456 e. The van der Waals surface area contributed by atoms with Crippen molar-refractivity contribution in [1.82, 2.24) is 4.57 Å². The number of benzene rings is 10. The molecule has 0 bridgehead atoms. The number of anilines is 3. The lowest BCUT2D eigenvalue weighted by molar-refractivity contribution is 0.669. The molecule has 296 valence electrons. The standard InChI is InChI=1S/C60H40N2O/c1-2-15-42(16-3-1)50-21-4-5-22-51(50)43-33-37-47(38-34-43)61(48-19-13-18-45(40-48)52-26-14-30-59-60(52)55-25-8-11-29-58(55)63-59)46-35-31-41(32-36-46)44-17-12-20-49(39-44)62-56-27-9-6-23-53(56)54-24-7-10-28-57(54)62/h1-40H. The summed E-state index contributed by atoms with van der Waals surface area (Å²) in [6.07, 6.45) is 0. The summed E-state index contributed by atoms with van der Waals surface area (Å²) in [7, 11) is 0. The number of hydrogen-bond acceptors (Lipinski definition) is 2. The number of nitrogens with zero attached hydrogens (tertiary/aromatic N) is 2. The van der Waals surface area contributed by atoms with E-state index in [1.807, 2.05) is 12.1 Å². The number of hydrogen-bond donors (Lipinski definition) is 0. The molecule has 12 rings (SSSR count). The largest absolute Gasteiger partial charge is 0.456 e. The zero-order valence-corrected chi connectivity index (χ0v) is 34.4. The Labute approximate surface area is 366 Å². The Morgan fingerprint density at radius 3 is 1.52 bits per heavy atom. The van der Waals surface area contributed by atoms with E-state index in [0.29, 0.717) is 0 Å². The van der Waals surface area contributed by atoms with Gasteiger partial charge in [-0.1, -0.05) is 170 Å². The van der Waals surface area contributed by atoms with Gasteiger partial charge in [-0.2, -0.15) is 0 Å². The summed E-state index contributed by atoms with van der Waals surface area (Å²) in [5, 5.41) is 4.77. The van der Waals surface area contributed by atoms with Gasteiger partial charge in [0.2, 0.25) is 0 Å². The summed E-state index contributed by atoms with van der Waals surface area (Å²) in [6, 6.07) is 87.1. The quantitative estimate of drug-likeness (QED) is 0.153. The van der Waals surface area contributed by atoms with Crippen LogP contribution in [-0.4, -0.2) is 4.57 Å². The Balaban J connectivity index is 0.960. The second-order valence-corrected chi connectivity index (χ2v) is 16.1. The van der Waals surface area contributed by atoms with Crippen molar-refractivity contribution in [2.75, 3.05) is 4.90 Å². The van der Waals surface area contributed by atoms with E-state index in [2.05, 4.69) is 240 Å². The second-order valence-electron chi connectivity index (χ2n) is 16.1. The first-order valence-corrected chi connectivity index (χ1v) is 21.5. The van der Waals surface area contributed by atoms with E-state index < -0.39 is 0 Å².